The third-order valence-electron chi connectivity index (χ3n) is 2.05. The lowest BCUT2D eigenvalue weighted by Gasteiger charge is -2.02. The van der Waals surface area contributed by atoms with E-state index in [1.165, 1.54) is 11.1 Å². The van der Waals surface area contributed by atoms with Crippen molar-refractivity contribution in [2.75, 3.05) is 0 Å². The van der Waals surface area contributed by atoms with Crippen molar-refractivity contribution in [2.24, 2.45) is 0 Å². The number of hydrogen-bond donors (Lipinski definition) is 0. The van der Waals surface area contributed by atoms with Crippen LogP contribution in [0.4, 0.5) is 0 Å². The zero-order chi connectivity index (χ0) is 10.7. The summed E-state index contributed by atoms with van der Waals surface area (Å²) in [4.78, 5) is 0. The molecule has 0 unspecified atom stereocenters. The van der Waals surface area contributed by atoms with E-state index >= 15 is 0 Å². The summed E-state index contributed by atoms with van der Waals surface area (Å²) in [5.74, 6) is 0.887. The lowest BCUT2D eigenvalue weighted by molar-refractivity contribution is 1.24. The largest absolute Gasteiger partial charge is 0.176 e. The molecule has 0 spiro atoms. The average molecular weight is 257 g/mol. The predicted octanol–water partition coefficient (Wildman–Crippen LogP) is 3.79. The minimum absolute atomic E-state index is 0.513. The van der Waals surface area contributed by atoms with Crippen LogP contribution in [-0.4, -0.2) is 8.75 Å². The van der Waals surface area contributed by atoms with Crippen molar-refractivity contribution < 1.29 is 0 Å². The zero-order valence-electron chi connectivity index (χ0n) is 8.11. The first-order valence-electron chi connectivity index (χ1n) is 4.43. The molecule has 0 atom stereocenters. The van der Waals surface area contributed by atoms with E-state index in [0.29, 0.717) is 5.15 Å². The van der Waals surface area contributed by atoms with Gasteiger partial charge in [-0.1, -0.05) is 47.6 Å². The van der Waals surface area contributed by atoms with Gasteiger partial charge in [-0.2, -0.15) is 8.75 Å². The first-order chi connectivity index (χ1) is 7.27. The van der Waals surface area contributed by atoms with E-state index in [0.717, 1.165) is 22.5 Å². The van der Waals surface area contributed by atoms with Gasteiger partial charge in [0.2, 0.25) is 0 Å². The Morgan fingerprint density at radius 2 is 2.13 bits per heavy atom. The van der Waals surface area contributed by atoms with E-state index in [2.05, 4.69) is 27.8 Å². The van der Waals surface area contributed by atoms with E-state index in [1.54, 1.807) is 11.8 Å². The van der Waals surface area contributed by atoms with Crippen LogP contribution in [0.5, 0.6) is 0 Å². The molecule has 1 aromatic heterocycles. The summed E-state index contributed by atoms with van der Waals surface area (Å²) in [6.45, 7) is 2.11. The fourth-order valence-corrected chi connectivity index (χ4v) is 3.03. The molecule has 0 aliphatic rings. The van der Waals surface area contributed by atoms with Crippen LogP contribution in [0.15, 0.2) is 29.3 Å². The van der Waals surface area contributed by atoms with Gasteiger partial charge in [0.05, 0.1) is 11.7 Å². The summed E-state index contributed by atoms with van der Waals surface area (Å²) in [6.07, 6.45) is 0. The first kappa shape index (κ1) is 10.9. The topological polar surface area (TPSA) is 25.8 Å². The Kier molecular flexibility index (Phi) is 3.61. The standard InChI is InChI=1S/C10H9ClN2S2/c1-7-4-2-3-5-8(7)6-14-10-9(11)12-15-13-10/h2-5H,6H2,1H3. The molecule has 0 saturated carbocycles. The molecule has 15 heavy (non-hydrogen) atoms. The molecule has 0 N–H and O–H groups in total. The quantitative estimate of drug-likeness (QED) is 0.782. The number of benzene rings is 1. The van der Waals surface area contributed by atoms with Gasteiger partial charge in [0.15, 0.2) is 5.15 Å². The Bertz CT molecular complexity index is 456. The van der Waals surface area contributed by atoms with E-state index in [4.69, 9.17) is 11.6 Å². The van der Waals surface area contributed by atoms with E-state index in [1.807, 2.05) is 12.1 Å². The SMILES string of the molecule is Cc1ccccc1CSc1nsnc1Cl. The first-order valence-corrected chi connectivity index (χ1v) is 6.52. The van der Waals surface area contributed by atoms with Crippen LogP contribution in [0.3, 0.4) is 0 Å². The van der Waals surface area contributed by atoms with Crippen molar-refractivity contribution in [2.45, 2.75) is 17.7 Å². The van der Waals surface area contributed by atoms with E-state index < -0.39 is 0 Å². The third kappa shape index (κ3) is 2.71. The van der Waals surface area contributed by atoms with Gasteiger partial charge in [0.1, 0.15) is 5.03 Å². The normalized spacial score (nSPS) is 10.5. The van der Waals surface area contributed by atoms with Gasteiger partial charge in [-0.15, -0.1) is 0 Å². The number of aromatic nitrogens is 2. The van der Waals surface area contributed by atoms with Crippen LogP contribution in [0, 0.1) is 6.92 Å². The molecular weight excluding hydrogens is 248 g/mol. The summed E-state index contributed by atoms with van der Waals surface area (Å²) in [5.41, 5.74) is 2.61. The van der Waals surface area contributed by atoms with Crippen LogP contribution in [0.2, 0.25) is 5.15 Å². The molecule has 1 heterocycles. The van der Waals surface area contributed by atoms with Crippen molar-refractivity contribution in [1.82, 2.24) is 8.75 Å². The molecule has 2 rings (SSSR count). The van der Waals surface area contributed by atoms with Gasteiger partial charge < -0.3 is 0 Å². The highest BCUT2D eigenvalue weighted by molar-refractivity contribution is 7.98. The van der Waals surface area contributed by atoms with Gasteiger partial charge in [0.25, 0.3) is 0 Å². The highest BCUT2D eigenvalue weighted by Gasteiger charge is 2.06. The molecule has 0 radical (unpaired) electrons. The Hall–Kier alpha value is -0.580. The van der Waals surface area contributed by atoms with Crippen LogP contribution in [-0.2, 0) is 5.75 Å². The highest BCUT2D eigenvalue weighted by atomic mass is 35.5. The second kappa shape index (κ2) is 4.96. The van der Waals surface area contributed by atoms with Crippen molar-refractivity contribution >= 4 is 35.1 Å². The predicted molar refractivity (Wildman–Crippen MR) is 65.7 cm³/mol. The van der Waals surface area contributed by atoms with Crippen molar-refractivity contribution in [3.05, 3.63) is 40.5 Å². The smallest absolute Gasteiger partial charge is 0.165 e. The molecule has 2 aromatic rings. The van der Waals surface area contributed by atoms with Gasteiger partial charge in [-0.25, -0.2) is 0 Å². The second-order valence-electron chi connectivity index (χ2n) is 3.08. The molecule has 2 nitrogen and oxygen atoms in total. The second-order valence-corrected chi connectivity index (χ2v) is 4.93. The van der Waals surface area contributed by atoms with Crippen LogP contribution >= 0.6 is 35.1 Å². The molecule has 0 amide bonds. The molecule has 0 fully saturated rings. The average Bonchev–Trinajstić information content (AvgIpc) is 2.63. The summed E-state index contributed by atoms with van der Waals surface area (Å²) in [7, 11) is 0. The Morgan fingerprint density at radius 1 is 1.33 bits per heavy atom. The van der Waals surface area contributed by atoms with Crippen molar-refractivity contribution in [3.8, 4) is 0 Å². The van der Waals surface area contributed by atoms with E-state index in [9.17, 15) is 0 Å². The molecule has 5 heteroatoms. The molecule has 78 valence electrons. The molecular formula is C10H9ClN2S2. The lowest BCUT2D eigenvalue weighted by atomic mass is 10.1. The van der Waals surface area contributed by atoms with Gasteiger partial charge in [0, 0.05) is 5.75 Å². The van der Waals surface area contributed by atoms with Crippen molar-refractivity contribution in [3.63, 3.8) is 0 Å². The number of aryl methyl sites for hydroxylation is 1. The number of nitrogens with zero attached hydrogens (tertiary/aromatic N) is 2. The van der Waals surface area contributed by atoms with Crippen LogP contribution in [0.1, 0.15) is 11.1 Å². The number of halogens is 1. The minimum Gasteiger partial charge on any atom is -0.165 e. The Labute approximate surface area is 102 Å². The lowest BCUT2D eigenvalue weighted by Crippen LogP contribution is -1.85. The maximum Gasteiger partial charge on any atom is 0.176 e. The zero-order valence-corrected chi connectivity index (χ0v) is 10.5. The molecule has 0 aliphatic heterocycles. The molecule has 0 bridgehead atoms. The van der Waals surface area contributed by atoms with Crippen molar-refractivity contribution in [1.29, 1.82) is 0 Å². The summed E-state index contributed by atoms with van der Waals surface area (Å²) >= 11 is 8.64. The highest BCUT2D eigenvalue weighted by Crippen LogP contribution is 2.28. The Balaban J connectivity index is 2.06. The molecule has 1 aromatic carbocycles. The number of rotatable bonds is 3. The maximum atomic E-state index is 5.86. The fourth-order valence-electron chi connectivity index (χ4n) is 1.17. The number of thioether (sulfide) groups is 1. The Morgan fingerprint density at radius 3 is 2.80 bits per heavy atom. The number of hydrogen-bond acceptors (Lipinski definition) is 4. The summed E-state index contributed by atoms with van der Waals surface area (Å²) in [6, 6.07) is 8.32. The third-order valence-corrected chi connectivity index (χ3v) is 4.18. The van der Waals surface area contributed by atoms with Gasteiger partial charge in [-0.3, -0.25) is 0 Å². The van der Waals surface area contributed by atoms with Crippen LogP contribution < -0.4 is 0 Å². The summed E-state index contributed by atoms with van der Waals surface area (Å²) < 4.78 is 8.05. The summed E-state index contributed by atoms with van der Waals surface area (Å²) in [5, 5.41) is 1.34. The van der Waals surface area contributed by atoms with E-state index in [-0.39, 0.29) is 0 Å². The minimum atomic E-state index is 0.513. The fraction of sp³-hybridized carbons (Fsp3) is 0.200. The molecule has 0 saturated heterocycles. The van der Waals surface area contributed by atoms with Crippen LogP contribution in [0.25, 0.3) is 0 Å². The van der Waals surface area contributed by atoms with Gasteiger partial charge in [-0.05, 0) is 18.1 Å². The maximum absolute atomic E-state index is 5.86. The van der Waals surface area contributed by atoms with Gasteiger partial charge >= 0.3 is 0 Å². The monoisotopic (exact) mass is 256 g/mol. The molecule has 0 aliphatic carbocycles.